The Hall–Kier alpha value is -0.610. The summed E-state index contributed by atoms with van der Waals surface area (Å²) in [5, 5.41) is 8.89. The molecule has 3 unspecified atom stereocenters. The molecule has 2 fully saturated rings. The van der Waals surface area contributed by atoms with E-state index in [1.54, 1.807) is 0 Å². The third-order valence-electron chi connectivity index (χ3n) is 4.45. The number of carboxylic acid groups (broad SMARTS) is 1. The van der Waals surface area contributed by atoms with E-state index in [1.165, 1.54) is 19.3 Å². The summed E-state index contributed by atoms with van der Waals surface area (Å²) in [4.78, 5) is 13.3. The molecule has 1 aliphatic carbocycles. The predicted molar refractivity (Wildman–Crippen MR) is 74.1 cm³/mol. The lowest BCUT2D eigenvalue weighted by molar-refractivity contribution is -0.143. The van der Waals surface area contributed by atoms with Gasteiger partial charge in [0.15, 0.2) is 0 Å². The minimum atomic E-state index is -0.760. The topological polar surface area (TPSA) is 49.8 Å². The monoisotopic (exact) mass is 269 g/mol. The van der Waals surface area contributed by atoms with Crippen LogP contribution in [-0.4, -0.2) is 47.8 Å². The minimum Gasteiger partial charge on any atom is -0.481 e. The van der Waals surface area contributed by atoms with Crippen molar-refractivity contribution in [2.24, 2.45) is 11.3 Å². The van der Waals surface area contributed by atoms with E-state index in [0.717, 1.165) is 19.0 Å². The Bertz CT molecular complexity index is 329. The van der Waals surface area contributed by atoms with Crippen molar-refractivity contribution < 1.29 is 14.6 Å². The van der Waals surface area contributed by atoms with Gasteiger partial charge in [0.25, 0.3) is 0 Å². The van der Waals surface area contributed by atoms with Gasteiger partial charge in [-0.1, -0.05) is 20.8 Å². The van der Waals surface area contributed by atoms with Crippen molar-refractivity contribution >= 4 is 5.97 Å². The molecule has 2 aliphatic rings. The van der Waals surface area contributed by atoms with Gasteiger partial charge in [-0.25, -0.2) is 0 Å². The summed E-state index contributed by atoms with van der Waals surface area (Å²) in [6.07, 6.45) is 3.75. The maximum atomic E-state index is 10.8. The fourth-order valence-corrected chi connectivity index (χ4v) is 3.97. The maximum absolute atomic E-state index is 10.8. The molecule has 19 heavy (non-hydrogen) atoms. The zero-order valence-electron chi connectivity index (χ0n) is 12.4. The average Bonchev–Trinajstić information content (AvgIpc) is 2.25. The number of carboxylic acids is 1. The summed E-state index contributed by atoms with van der Waals surface area (Å²) < 4.78 is 5.57. The fourth-order valence-electron chi connectivity index (χ4n) is 3.97. The van der Waals surface area contributed by atoms with Crippen LogP contribution in [0.5, 0.6) is 0 Å². The Morgan fingerprint density at radius 1 is 1.42 bits per heavy atom. The molecule has 1 saturated carbocycles. The largest absolute Gasteiger partial charge is 0.481 e. The van der Waals surface area contributed by atoms with Crippen LogP contribution >= 0.6 is 0 Å². The van der Waals surface area contributed by atoms with Gasteiger partial charge in [0.05, 0.1) is 19.1 Å². The molecule has 110 valence electrons. The Morgan fingerprint density at radius 2 is 2.16 bits per heavy atom. The fraction of sp³-hybridized carbons (Fsp3) is 0.933. The van der Waals surface area contributed by atoms with E-state index >= 15 is 0 Å². The number of nitrogens with zero attached hydrogens (tertiary/aromatic N) is 1. The van der Waals surface area contributed by atoms with Crippen LogP contribution in [0.2, 0.25) is 0 Å². The van der Waals surface area contributed by atoms with Crippen LogP contribution in [0, 0.1) is 11.3 Å². The predicted octanol–water partition coefficient (Wildman–Crippen LogP) is 2.38. The summed E-state index contributed by atoms with van der Waals surface area (Å²) in [6.45, 7) is 9.44. The average molecular weight is 269 g/mol. The van der Waals surface area contributed by atoms with Crippen molar-refractivity contribution in [1.29, 1.82) is 0 Å². The van der Waals surface area contributed by atoms with Gasteiger partial charge in [0, 0.05) is 19.1 Å². The lowest BCUT2D eigenvalue weighted by Crippen LogP contribution is -2.51. The van der Waals surface area contributed by atoms with Crippen LogP contribution in [0.3, 0.4) is 0 Å². The number of aliphatic carboxylic acids is 1. The van der Waals surface area contributed by atoms with Gasteiger partial charge < -0.3 is 9.84 Å². The van der Waals surface area contributed by atoms with Gasteiger partial charge in [0.2, 0.25) is 0 Å². The highest BCUT2D eigenvalue weighted by molar-refractivity contribution is 5.67. The van der Waals surface area contributed by atoms with E-state index in [9.17, 15) is 4.79 Å². The second kappa shape index (κ2) is 5.80. The van der Waals surface area contributed by atoms with Crippen molar-refractivity contribution in [2.45, 2.75) is 58.6 Å². The first-order chi connectivity index (χ1) is 8.85. The van der Waals surface area contributed by atoms with E-state index in [-0.39, 0.29) is 12.5 Å². The van der Waals surface area contributed by atoms with Crippen molar-refractivity contribution in [3.05, 3.63) is 0 Å². The second-order valence-corrected chi connectivity index (χ2v) is 7.15. The normalized spacial score (nSPS) is 36.1. The molecule has 0 aromatic rings. The van der Waals surface area contributed by atoms with Crippen LogP contribution in [0.25, 0.3) is 0 Å². The number of carbonyl (C=O) groups is 1. The Labute approximate surface area is 116 Å². The molecule has 1 aliphatic heterocycles. The number of morpholine rings is 1. The van der Waals surface area contributed by atoms with Gasteiger partial charge in [-0.3, -0.25) is 9.69 Å². The van der Waals surface area contributed by atoms with E-state index < -0.39 is 5.97 Å². The third kappa shape index (κ3) is 4.18. The SMILES string of the molecule is CC1CC(N2CCOC(CC(=O)O)C2)CC(C)(C)C1. The number of hydrogen-bond acceptors (Lipinski definition) is 3. The number of ether oxygens (including phenoxy) is 1. The van der Waals surface area contributed by atoms with Crippen LogP contribution < -0.4 is 0 Å². The highest BCUT2D eigenvalue weighted by Gasteiger charge is 2.36. The lowest BCUT2D eigenvalue weighted by Gasteiger charge is -2.46. The summed E-state index contributed by atoms with van der Waals surface area (Å²) in [7, 11) is 0. The van der Waals surface area contributed by atoms with Crippen molar-refractivity contribution in [1.82, 2.24) is 4.90 Å². The van der Waals surface area contributed by atoms with Crippen LogP contribution in [-0.2, 0) is 9.53 Å². The zero-order valence-corrected chi connectivity index (χ0v) is 12.4. The van der Waals surface area contributed by atoms with Crippen LogP contribution in [0.1, 0.15) is 46.5 Å². The Kier molecular flexibility index (Phi) is 4.51. The first-order valence-electron chi connectivity index (χ1n) is 7.43. The first kappa shape index (κ1) is 14.8. The highest BCUT2D eigenvalue weighted by atomic mass is 16.5. The highest BCUT2D eigenvalue weighted by Crippen LogP contribution is 2.40. The minimum absolute atomic E-state index is 0.127. The molecule has 1 N–H and O–H groups in total. The van der Waals surface area contributed by atoms with Gasteiger partial charge in [-0.05, 0) is 30.6 Å². The molecule has 4 nitrogen and oxygen atoms in total. The lowest BCUT2D eigenvalue weighted by atomic mass is 9.70. The van der Waals surface area contributed by atoms with E-state index in [0.29, 0.717) is 18.1 Å². The van der Waals surface area contributed by atoms with E-state index in [1.807, 2.05) is 0 Å². The Balaban J connectivity index is 1.95. The smallest absolute Gasteiger partial charge is 0.306 e. The molecule has 1 heterocycles. The van der Waals surface area contributed by atoms with Crippen molar-refractivity contribution in [3.8, 4) is 0 Å². The standard InChI is InChI=1S/C15H27NO3/c1-11-6-12(9-15(2,3)8-11)16-4-5-19-13(10-16)7-14(17)18/h11-13H,4-10H2,1-3H3,(H,17,18). The number of hydrogen-bond donors (Lipinski definition) is 1. The number of rotatable bonds is 3. The van der Waals surface area contributed by atoms with Gasteiger partial charge in [-0.15, -0.1) is 0 Å². The molecule has 0 aromatic carbocycles. The molecule has 2 rings (SSSR count). The third-order valence-corrected chi connectivity index (χ3v) is 4.45. The molecule has 4 heteroatoms. The maximum Gasteiger partial charge on any atom is 0.306 e. The quantitative estimate of drug-likeness (QED) is 0.854. The molecule has 0 bridgehead atoms. The van der Waals surface area contributed by atoms with Crippen LogP contribution in [0.4, 0.5) is 0 Å². The first-order valence-corrected chi connectivity index (χ1v) is 7.43. The molecule has 0 amide bonds. The molecular weight excluding hydrogens is 242 g/mol. The Morgan fingerprint density at radius 3 is 2.79 bits per heavy atom. The molecule has 0 radical (unpaired) electrons. The van der Waals surface area contributed by atoms with Gasteiger partial charge >= 0.3 is 5.97 Å². The molecule has 0 spiro atoms. The van der Waals surface area contributed by atoms with Crippen LogP contribution in [0.15, 0.2) is 0 Å². The summed E-state index contributed by atoms with van der Waals surface area (Å²) in [6, 6.07) is 0.596. The van der Waals surface area contributed by atoms with Crippen molar-refractivity contribution in [3.63, 3.8) is 0 Å². The zero-order chi connectivity index (χ0) is 14.0. The van der Waals surface area contributed by atoms with Gasteiger partial charge in [-0.2, -0.15) is 0 Å². The summed E-state index contributed by atoms with van der Waals surface area (Å²) in [5.74, 6) is -0.00119. The molecule has 3 atom stereocenters. The molecular formula is C15H27NO3. The molecule has 1 saturated heterocycles. The van der Waals surface area contributed by atoms with E-state index in [4.69, 9.17) is 9.84 Å². The second-order valence-electron chi connectivity index (χ2n) is 7.15. The summed E-state index contributed by atoms with van der Waals surface area (Å²) >= 11 is 0. The molecule has 0 aromatic heterocycles. The summed E-state index contributed by atoms with van der Waals surface area (Å²) in [5.41, 5.74) is 0.406. The van der Waals surface area contributed by atoms with Gasteiger partial charge in [0.1, 0.15) is 0 Å². The van der Waals surface area contributed by atoms with E-state index in [2.05, 4.69) is 25.7 Å². The van der Waals surface area contributed by atoms with Crippen molar-refractivity contribution in [2.75, 3.05) is 19.7 Å².